The minimum Gasteiger partial charge on any atom is -0.486 e. The summed E-state index contributed by atoms with van der Waals surface area (Å²) in [4.78, 5) is 0. The molecule has 0 spiro atoms. The van der Waals surface area contributed by atoms with Crippen LogP contribution in [0.15, 0.2) is 42.5 Å². The highest BCUT2D eigenvalue weighted by Crippen LogP contribution is 2.35. The molecular weight excluding hydrogens is 302 g/mol. The van der Waals surface area contributed by atoms with Gasteiger partial charge in [0.2, 0.25) is 10.0 Å². The van der Waals surface area contributed by atoms with Crippen LogP contribution < -0.4 is 14.2 Å². The van der Waals surface area contributed by atoms with Crippen molar-refractivity contribution in [1.29, 1.82) is 0 Å². The Morgan fingerprint density at radius 1 is 1.05 bits per heavy atom. The van der Waals surface area contributed by atoms with Crippen LogP contribution in [-0.4, -0.2) is 21.6 Å². The van der Waals surface area contributed by atoms with Crippen LogP contribution in [0.2, 0.25) is 0 Å². The number of aryl methyl sites for hydroxylation is 1. The molecule has 1 aliphatic rings. The van der Waals surface area contributed by atoms with Gasteiger partial charge in [0.25, 0.3) is 0 Å². The van der Waals surface area contributed by atoms with Crippen LogP contribution in [0.3, 0.4) is 0 Å². The fourth-order valence-corrected chi connectivity index (χ4v) is 3.56. The Kier molecular flexibility index (Phi) is 3.94. The predicted octanol–water partition coefficient (Wildman–Crippen LogP) is 2.71. The second kappa shape index (κ2) is 5.88. The number of sulfonamides is 1. The number of anilines is 1. The van der Waals surface area contributed by atoms with E-state index in [1.165, 1.54) is 0 Å². The average Bonchev–Trinajstić information content (AvgIpc) is 2.48. The van der Waals surface area contributed by atoms with E-state index in [1.54, 1.807) is 24.3 Å². The summed E-state index contributed by atoms with van der Waals surface area (Å²) in [6, 6.07) is 12.5. The monoisotopic (exact) mass is 319 g/mol. The molecule has 0 radical (unpaired) electrons. The minimum absolute atomic E-state index is 0.0677. The molecule has 0 fully saturated rings. The van der Waals surface area contributed by atoms with Gasteiger partial charge in [-0.15, -0.1) is 0 Å². The number of fused-ring (bicyclic) bond motifs is 1. The molecule has 5 nitrogen and oxygen atoms in total. The predicted molar refractivity (Wildman–Crippen MR) is 84.9 cm³/mol. The van der Waals surface area contributed by atoms with Crippen LogP contribution in [0, 0.1) is 6.92 Å². The summed E-state index contributed by atoms with van der Waals surface area (Å²) in [5.41, 5.74) is 2.05. The van der Waals surface area contributed by atoms with Gasteiger partial charge < -0.3 is 9.47 Å². The Hall–Kier alpha value is -2.21. The van der Waals surface area contributed by atoms with Crippen LogP contribution in [0.25, 0.3) is 0 Å². The van der Waals surface area contributed by atoms with Gasteiger partial charge in [0.05, 0.1) is 11.4 Å². The van der Waals surface area contributed by atoms with E-state index in [0.29, 0.717) is 30.4 Å². The summed E-state index contributed by atoms with van der Waals surface area (Å²) >= 11 is 0. The van der Waals surface area contributed by atoms with E-state index in [4.69, 9.17) is 9.47 Å². The first-order valence-electron chi connectivity index (χ1n) is 6.98. The largest absolute Gasteiger partial charge is 0.486 e. The molecule has 2 aromatic carbocycles. The quantitative estimate of drug-likeness (QED) is 0.941. The van der Waals surface area contributed by atoms with Gasteiger partial charge in [-0.2, -0.15) is 0 Å². The third-order valence-corrected chi connectivity index (χ3v) is 4.60. The van der Waals surface area contributed by atoms with E-state index in [9.17, 15) is 8.42 Å². The summed E-state index contributed by atoms with van der Waals surface area (Å²) in [6.45, 7) is 2.80. The maximum absolute atomic E-state index is 12.3. The molecule has 0 bridgehead atoms. The van der Waals surface area contributed by atoms with E-state index in [0.717, 1.165) is 11.1 Å². The molecular formula is C16H17NO4S. The van der Waals surface area contributed by atoms with Gasteiger partial charge in [0, 0.05) is 6.07 Å². The van der Waals surface area contributed by atoms with Crippen LogP contribution in [0.1, 0.15) is 11.1 Å². The zero-order valence-electron chi connectivity index (χ0n) is 12.2. The average molecular weight is 319 g/mol. The van der Waals surface area contributed by atoms with E-state index >= 15 is 0 Å². The van der Waals surface area contributed by atoms with Gasteiger partial charge in [-0.25, -0.2) is 8.42 Å². The van der Waals surface area contributed by atoms with Crippen molar-refractivity contribution in [3.8, 4) is 11.5 Å². The van der Waals surface area contributed by atoms with Crippen LogP contribution in [0.4, 0.5) is 5.69 Å². The molecule has 6 heteroatoms. The molecule has 0 atom stereocenters. The normalized spacial score (nSPS) is 13.7. The number of hydrogen-bond donors (Lipinski definition) is 1. The van der Waals surface area contributed by atoms with Crippen molar-refractivity contribution >= 4 is 15.7 Å². The number of rotatable bonds is 4. The maximum Gasteiger partial charge on any atom is 0.236 e. The van der Waals surface area contributed by atoms with Crippen LogP contribution >= 0.6 is 0 Å². The van der Waals surface area contributed by atoms with Gasteiger partial charge >= 0.3 is 0 Å². The van der Waals surface area contributed by atoms with Gasteiger partial charge in [-0.1, -0.05) is 30.3 Å². The molecule has 3 rings (SSSR count). The van der Waals surface area contributed by atoms with Gasteiger partial charge in [0.15, 0.2) is 11.5 Å². The first kappa shape index (κ1) is 14.7. The molecule has 0 saturated carbocycles. The summed E-state index contributed by atoms with van der Waals surface area (Å²) in [5.74, 6) is 1.14. The van der Waals surface area contributed by atoms with Gasteiger partial charge in [0.1, 0.15) is 13.2 Å². The molecule has 0 aliphatic carbocycles. The first-order chi connectivity index (χ1) is 10.5. The molecule has 0 aromatic heterocycles. The van der Waals surface area contributed by atoms with Crippen LogP contribution in [0.5, 0.6) is 11.5 Å². The van der Waals surface area contributed by atoms with Crippen molar-refractivity contribution in [3.05, 3.63) is 53.6 Å². The molecule has 22 heavy (non-hydrogen) atoms. The van der Waals surface area contributed by atoms with Crippen LogP contribution in [-0.2, 0) is 15.8 Å². The zero-order chi connectivity index (χ0) is 15.6. The third kappa shape index (κ3) is 3.33. The Morgan fingerprint density at radius 3 is 2.36 bits per heavy atom. The lowest BCUT2D eigenvalue weighted by atomic mass is 10.2. The Morgan fingerprint density at radius 2 is 1.68 bits per heavy atom. The number of hydrogen-bond acceptors (Lipinski definition) is 4. The number of nitrogens with one attached hydrogen (secondary N) is 1. The van der Waals surface area contributed by atoms with E-state index in [2.05, 4.69) is 4.72 Å². The molecule has 0 unspecified atom stereocenters. The van der Waals surface area contributed by atoms with Crippen molar-refractivity contribution < 1.29 is 17.9 Å². The standard InChI is InChI=1S/C16H17NO4S/c1-12-9-15-16(21-8-7-20-15)10-14(12)17-22(18,19)11-13-5-3-2-4-6-13/h2-6,9-10,17H,7-8,11H2,1H3. The van der Waals surface area contributed by atoms with Crippen molar-refractivity contribution in [2.24, 2.45) is 0 Å². The molecule has 1 heterocycles. The molecule has 2 aromatic rings. The van der Waals surface area contributed by atoms with E-state index in [1.807, 2.05) is 25.1 Å². The molecule has 0 saturated heterocycles. The van der Waals surface area contributed by atoms with Crippen molar-refractivity contribution in [2.45, 2.75) is 12.7 Å². The first-order valence-corrected chi connectivity index (χ1v) is 8.63. The van der Waals surface area contributed by atoms with E-state index in [-0.39, 0.29) is 5.75 Å². The fourth-order valence-electron chi connectivity index (χ4n) is 2.30. The summed E-state index contributed by atoms with van der Waals surface area (Å²) in [7, 11) is -3.48. The maximum atomic E-state index is 12.3. The molecule has 0 amide bonds. The SMILES string of the molecule is Cc1cc2c(cc1NS(=O)(=O)Cc1ccccc1)OCCO2. The fraction of sp³-hybridized carbons (Fsp3) is 0.250. The summed E-state index contributed by atoms with van der Waals surface area (Å²) in [6.07, 6.45) is 0. The van der Waals surface area contributed by atoms with Crippen molar-refractivity contribution in [1.82, 2.24) is 0 Å². The molecule has 1 aliphatic heterocycles. The number of benzene rings is 2. The second-order valence-electron chi connectivity index (χ2n) is 5.16. The summed E-state index contributed by atoms with van der Waals surface area (Å²) in [5, 5.41) is 0. The van der Waals surface area contributed by atoms with Crippen molar-refractivity contribution in [2.75, 3.05) is 17.9 Å². The Labute approximate surface area is 129 Å². The highest BCUT2D eigenvalue weighted by Gasteiger charge is 2.18. The molecule has 1 N–H and O–H groups in total. The third-order valence-electron chi connectivity index (χ3n) is 3.35. The lowest BCUT2D eigenvalue weighted by molar-refractivity contribution is 0.171. The second-order valence-corrected chi connectivity index (χ2v) is 6.88. The molecule has 116 valence electrons. The van der Waals surface area contributed by atoms with Crippen molar-refractivity contribution in [3.63, 3.8) is 0 Å². The minimum atomic E-state index is -3.48. The van der Waals surface area contributed by atoms with Gasteiger partial charge in [-0.3, -0.25) is 4.72 Å². The Bertz CT molecular complexity index is 772. The smallest absolute Gasteiger partial charge is 0.236 e. The highest BCUT2D eigenvalue weighted by atomic mass is 32.2. The highest BCUT2D eigenvalue weighted by molar-refractivity contribution is 7.91. The van der Waals surface area contributed by atoms with Gasteiger partial charge in [-0.05, 0) is 24.1 Å². The number of ether oxygens (including phenoxy) is 2. The topological polar surface area (TPSA) is 64.6 Å². The Balaban J connectivity index is 1.83. The summed E-state index contributed by atoms with van der Waals surface area (Å²) < 4.78 is 38.2. The van der Waals surface area contributed by atoms with E-state index < -0.39 is 10.0 Å². The lowest BCUT2D eigenvalue weighted by Gasteiger charge is -2.20. The zero-order valence-corrected chi connectivity index (χ0v) is 13.0. The lowest BCUT2D eigenvalue weighted by Crippen LogP contribution is -2.18.